The Morgan fingerprint density at radius 2 is 1.29 bits per heavy atom. The molecular formula is C59H72F10N12O9. The summed E-state index contributed by atoms with van der Waals surface area (Å²) in [6.07, 6.45) is -9.96. The number of amides is 4. The van der Waals surface area contributed by atoms with Crippen molar-refractivity contribution in [2.45, 2.75) is 135 Å². The zero-order chi connectivity index (χ0) is 66.4. The van der Waals surface area contributed by atoms with E-state index in [1.54, 1.807) is 26.2 Å². The number of carbonyl (C=O) groups excluding carboxylic acids is 5. The molecule has 7 rings (SSSR count). The standard InChI is InChI=1S/C59H72F10N12O9/c1-32(2)46(77(7)8)51(84)90-45(29-79(76-50(83)48(74-55(86)88-10)57(5,6)59(67,68)69)28-40-41(60)22-36(23-42(40)61)43-19-20-80(75-43)52(62)63)44(72-49(82)47(73-54(85)87-9)56(3,4)58(64,65)66)21-34-14-11-33(12-15-34)13-16-35-24-70-53(71-25-35)78-26-37-17-18-38(27-78)81(37)39-30-89-31-39/h11-12,14-15,19-20,22-25,32,37-39,44-48,52H,17-18,21,26-31H2,1-10H3,(H,72,82)(H,73,85)(H,74,86)(H,76,83)/t37?,38?,44-,45-,46?,47?,48+/m0/s1. The number of aromatic nitrogens is 4. The number of carbonyl (C=O) groups is 5. The van der Waals surface area contributed by atoms with Gasteiger partial charge in [0.1, 0.15) is 35.9 Å². The van der Waals surface area contributed by atoms with Gasteiger partial charge in [0.05, 0.1) is 68.1 Å². The molecule has 492 valence electrons. The number of alkyl halides is 8. The van der Waals surface area contributed by atoms with Crippen LogP contribution in [-0.2, 0) is 46.3 Å². The van der Waals surface area contributed by atoms with Gasteiger partial charge in [0.2, 0.25) is 11.9 Å². The van der Waals surface area contributed by atoms with E-state index in [4.69, 9.17) is 9.47 Å². The molecular weight excluding hydrogens is 1210 g/mol. The lowest BCUT2D eigenvalue weighted by molar-refractivity contribution is -0.221. The monoisotopic (exact) mass is 1280 g/mol. The molecule has 5 heterocycles. The van der Waals surface area contributed by atoms with Crippen LogP contribution in [0.25, 0.3) is 11.3 Å². The molecule has 2 aromatic heterocycles. The highest BCUT2D eigenvalue weighted by Crippen LogP contribution is 2.42. The van der Waals surface area contributed by atoms with Gasteiger partial charge in [0.15, 0.2) is 0 Å². The number of hydrogen-bond donors (Lipinski definition) is 4. The lowest BCUT2D eigenvalue weighted by atomic mass is 9.82. The highest BCUT2D eigenvalue weighted by molar-refractivity contribution is 5.87. The second-order valence-electron chi connectivity index (χ2n) is 23.9. The summed E-state index contributed by atoms with van der Waals surface area (Å²) in [5.74, 6) is -1.28. The normalized spacial score (nSPS) is 18.2. The number of hydrazine groups is 1. The zero-order valence-corrected chi connectivity index (χ0v) is 50.9. The van der Waals surface area contributed by atoms with Gasteiger partial charge in [0.25, 0.3) is 5.91 Å². The summed E-state index contributed by atoms with van der Waals surface area (Å²) in [6.45, 7) is 3.00. The van der Waals surface area contributed by atoms with Crippen LogP contribution in [0, 0.1) is 40.2 Å². The number of piperazine rings is 1. The fourth-order valence-electron chi connectivity index (χ4n) is 11.0. The van der Waals surface area contributed by atoms with Gasteiger partial charge in [-0.1, -0.05) is 37.8 Å². The van der Waals surface area contributed by atoms with Crippen LogP contribution in [0.2, 0.25) is 0 Å². The van der Waals surface area contributed by atoms with Crippen molar-refractivity contribution in [2.24, 2.45) is 16.7 Å². The number of hydrogen-bond acceptors (Lipinski definition) is 16. The van der Waals surface area contributed by atoms with Crippen LogP contribution in [0.4, 0.5) is 59.4 Å². The number of ether oxygens (including phenoxy) is 4. The lowest BCUT2D eigenvalue weighted by Gasteiger charge is -2.47. The molecule has 4 N–H and O–H groups in total. The first-order valence-electron chi connectivity index (χ1n) is 28.5. The number of fused-ring (bicyclic) bond motifs is 2. The predicted octanol–water partition coefficient (Wildman–Crippen LogP) is 7.15. The molecule has 21 nitrogen and oxygen atoms in total. The number of likely N-dealkylation sites (N-methyl/N-ethyl adjacent to an activating group) is 1. The third kappa shape index (κ3) is 16.4. The molecule has 3 aliphatic heterocycles. The molecule has 0 saturated carbocycles. The fraction of sp³-hybridized carbons (Fsp3) is 0.559. The van der Waals surface area contributed by atoms with Crippen molar-refractivity contribution in [3.05, 3.63) is 94.9 Å². The summed E-state index contributed by atoms with van der Waals surface area (Å²) in [4.78, 5) is 84.5. The molecule has 7 atom stereocenters. The van der Waals surface area contributed by atoms with E-state index in [0.717, 1.165) is 65.6 Å². The average Bonchev–Trinajstić information content (AvgIpc) is 1.37. The van der Waals surface area contributed by atoms with Gasteiger partial charge in [0, 0.05) is 67.0 Å². The molecule has 0 radical (unpaired) electrons. The summed E-state index contributed by atoms with van der Waals surface area (Å²) in [7, 11) is 4.58. The summed E-state index contributed by atoms with van der Waals surface area (Å²) >= 11 is 0. The average molecular weight is 1280 g/mol. The van der Waals surface area contributed by atoms with Crippen molar-refractivity contribution < 1.29 is 86.8 Å². The molecule has 31 heteroatoms. The van der Waals surface area contributed by atoms with E-state index in [1.165, 1.54) is 43.3 Å². The number of nitrogens with one attached hydrogen (secondary N) is 4. The SMILES string of the molecule is COC(=O)NC(C(=O)N[C@@H](Cc1ccc(C#Cc2cnc(N3CC4CCC(C3)N4C3COC3)nc2)cc1)[C@H](CN(Cc1c(F)cc(-c2ccn(C(F)F)n2)cc1F)NC(=O)[C@@H](NC(=O)OC)C(C)(C)C(F)(F)F)OC(=O)C(C(C)C)N(C)C)C(C)(C)C(F)(F)F. The van der Waals surface area contributed by atoms with Gasteiger partial charge >= 0.3 is 37.1 Å². The molecule has 4 aromatic rings. The minimum Gasteiger partial charge on any atom is -0.458 e. The smallest absolute Gasteiger partial charge is 0.407 e. The fourth-order valence-corrected chi connectivity index (χ4v) is 11.0. The maximum absolute atomic E-state index is 16.5. The van der Waals surface area contributed by atoms with Gasteiger partial charge in [-0.05, 0) is 103 Å². The maximum Gasteiger partial charge on any atom is 0.407 e. The molecule has 4 amide bonds. The first-order valence-corrected chi connectivity index (χ1v) is 28.5. The number of alkyl carbamates (subject to hydrolysis) is 2. The Kier molecular flexibility index (Phi) is 22.1. The van der Waals surface area contributed by atoms with Gasteiger partial charge in [-0.2, -0.15) is 40.2 Å². The predicted molar refractivity (Wildman–Crippen MR) is 303 cm³/mol. The second-order valence-corrected chi connectivity index (χ2v) is 23.9. The Morgan fingerprint density at radius 1 is 0.756 bits per heavy atom. The quantitative estimate of drug-likeness (QED) is 0.0190. The van der Waals surface area contributed by atoms with Gasteiger partial charge < -0.3 is 39.8 Å². The van der Waals surface area contributed by atoms with E-state index in [-0.39, 0.29) is 21.5 Å². The molecule has 3 aliphatic rings. The Morgan fingerprint density at radius 3 is 1.76 bits per heavy atom. The molecule has 4 unspecified atom stereocenters. The number of benzene rings is 2. The van der Waals surface area contributed by atoms with Crippen LogP contribution >= 0.6 is 0 Å². The van der Waals surface area contributed by atoms with Crippen molar-refractivity contribution >= 4 is 35.9 Å². The number of anilines is 1. The van der Waals surface area contributed by atoms with E-state index >= 15 is 8.78 Å². The first-order chi connectivity index (χ1) is 42.1. The molecule has 2 aromatic carbocycles. The molecule has 0 spiro atoms. The maximum atomic E-state index is 16.5. The lowest BCUT2D eigenvalue weighted by Crippen LogP contribution is -2.64. The molecule has 2 bridgehead atoms. The van der Waals surface area contributed by atoms with E-state index in [2.05, 4.69) is 56.9 Å². The van der Waals surface area contributed by atoms with E-state index in [1.807, 2.05) is 10.6 Å². The molecule has 0 aliphatic carbocycles. The third-order valence-corrected chi connectivity index (χ3v) is 16.3. The topological polar surface area (TPSA) is 227 Å². The van der Waals surface area contributed by atoms with E-state index in [0.29, 0.717) is 80.0 Å². The van der Waals surface area contributed by atoms with Crippen molar-refractivity contribution in [1.82, 2.24) is 55.9 Å². The third-order valence-electron chi connectivity index (χ3n) is 16.3. The van der Waals surface area contributed by atoms with Gasteiger partial charge in [-0.25, -0.2) is 38.0 Å². The first kappa shape index (κ1) is 69.7. The molecule has 3 fully saturated rings. The van der Waals surface area contributed by atoms with Crippen molar-refractivity contribution in [1.29, 1.82) is 0 Å². The van der Waals surface area contributed by atoms with Crippen LogP contribution in [-0.4, -0.2) is 186 Å². The van der Waals surface area contributed by atoms with Crippen LogP contribution < -0.4 is 26.3 Å². The van der Waals surface area contributed by atoms with Crippen molar-refractivity contribution in [3.63, 3.8) is 0 Å². The Bertz CT molecular complexity index is 3200. The number of rotatable bonds is 23. The highest BCUT2D eigenvalue weighted by Gasteiger charge is 2.58. The molecule has 3 saturated heterocycles. The van der Waals surface area contributed by atoms with E-state index < -0.39 is 133 Å². The number of esters is 1. The number of halogens is 10. The van der Waals surface area contributed by atoms with Crippen LogP contribution in [0.3, 0.4) is 0 Å². The summed E-state index contributed by atoms with van der Waals surface area (Å²) in [6, 6.07) is 1.39. The molecule has 90 heavy (non-hydrogen) atoms. The van der Waals surface area contributed by atoms with Crippen LogP contribution in [0.15, 0.2) is 61.1 Å². The Labute approximate surface area is 512 Å². The summed E-state index contributed by atoms with van der Waals surface area (Å²) in [5.41, 5.74) is -4.70. The number of methoxy groups -OCH3 is 2. The zero-order valence-electron chi connectivity index (χ0n) is 50.9. The van der Waals surface area contributed by atoms with E-state index in [9.17, 15) is 59.1 Å². The highest BCUT2D eigenvalue weighted by atomic mass is 19.4. The summed E-state index contributed by atoms with van der Waals surface area (Å²) in [5, 5.41) is 10.4. The van der Waals surface area contributed by atoms with Gasteiger partial charge in [-0.3, -0.25) is 29.6 Å². The van der Waals surface area contributed by atoms with Crippen LogP contribution in [0.5, 0.6) is 0 Å². The Balaban J connectivity index is 1.30. The number of nitrogens with zero attached hydrogens (tertiary/aromatic N) is 8. The van der Waals surface area contributed by atoms with Crippen molar-refractivity contribution in [3.8, 4) is 23.1 Å². The van der Waals surface area contributed by atoms with Gasteiger partial charge in [-0.15, -0.1) is 0 Å². The second kappa shape index (κ2) is 28.6. The van der Waals surface area contributed by atoms with Crippen molar-refractivity contribution in [2.75, 3.05) is 66.1 Å². The largest absolute Gasteiger partial charge is 0.458 e. The minimum absolute atomic E-state index is 0.197. The summed E-state index contributed by atoms with van der Waals surface area (Å²) < 4.78 is 170. The Hall–Kier alpha value is -7.82. The minimum atomic E-state index is -5.28. The van der Waals surface area contributed by atoms with Crippen LogP contribution in [0.1, 0.15) is 83.2 Å².